The molecule has 3 nitrogen and oxygen atoms in total. The summed E-state index contributed by atoms with van der Waals surface area (Å²) in [5, 5.41) is 3.56. The van der Waals surface area contributed by atoms with Gasteiger partial charge in [0, 0.05) is 24.5 Å². The zero-order valence-electron chi connectivity index (χ0n) is 8.99. The molecule has 76 valence electrons. The maximum Gasteiger partial charge on any atom is 0.0782 e. The van der Waals surface area contributed by atoms with Crippen molar-refractivity contribution in [3.8, 4) is 0 Å². The van der Waals surface area contributed by atoms with Crippen LogP contribution in [0.5, 0.6) is 0 Å². The summed E-state index contributed by atoms with van der Waals surface area (Å²) in [5.41, 5.74) is 2.10. The Balaban J connectivity index is 2.03. The van der Waals surface area contributed by atoms with Gasteiger partial charge >= 0.3 is 0 Å². The molecule has 1 N–H and O–H groups in total. The molecule has 1 aromatic heterocycles. The molecule has 0 radical (unpaired) electrons. The van der Waals surface area contributed by atoms with E-state index in [2.05, 4.69) is 29.1 Å². The molecule has 2 rings (SSSR count). The lowest BCUT2D eigenvalue weighted by atomic mass is 10.2. The van der Waals surface area contributed by atoms with Gasteiger partial charge in [-0.2, -0.15) is 0 Å². The van der Waals surface area contributed by atoms with E-state index in [4.69, 9.17) is 0 Å². The molecule has 3 heteroatoms. The first-order valence-electron chi connectivity index (χ1n) is 5.22. The molecule has 14 heavy (non-hydrogen) atoms. The topological polar surface area (TPSA) is 37.8 Å². The van der Waals surface area contributed by atoms with Gasteiger partial charge < -0.3 is 5.32 Å². The van der Waals surface area contributed by atoms with E-state index in [-0.39, 0.29) is 0 Å². The van der Waals surface area contributed by atoms with Crippen LogP contribution in [0.15, 0.2) is 12.4 Å². The smallest absolute Gasteiger partial charge is 0.0782 e. The summed E-state index contributed by atoms with van der Waals surface area (Å²) in [6, 6.07) is 1.00. The van der Waals surface area contributed by atoms with Gasteiger partial charge in [0.05, 0.1) is 11.4 Å². The Labute approximate surface area is 85.0 Å². The SMILES string of the molecule is Cc1nccnc1C(C)NC1CC1C. The van der Waals surface area contributed by atoms with Gasteiger partial charge in [-0.25, -0.2) is 0 Å². The fourth-order valence-electron chi connectivity index (χ4n) is 1.80. The quantitative estimate of drug-likeness (QED) is 0.792. The molecule has 1 fully saturated rings. The normalized spacial score (nSPS) is 27.4. The number of rotatable bonds is 3. The van der Waals surface area contributed by atoms with Gasteiger partial charge in [-0.05, 0) is 26.2 Å². The zero-order valence-corrected chi connectivity index (χ0v) is 8.99. The van der Waals surface area contributed by atoms with Crippen molar-refractivity contribution in [2.75, 3.05) is 0 Å². The first kappa shape index (κ1) is 9.59. The van der Waals surface area contributed by atoms with E-state index in [9.17, 15) is 0 Å². The number of nitrogens with zero attached hydrogens (tertiary/aromatic N) is 2. The van der Waals surface area contributed by atoms with Crippen LogP contribution >= 0.6 is 0 Å². The summed E-state index contributed by atoms with van der Waals surface area (Å²) in [7, 11) is 0. The third-order valence-corrected chi connectivity index (χ3v) is 2.90. The molecule has 1 aliphatic carbocycles. The third-order valence-electron chi connectivity index (χ3n) is 2.90. The highest BCUT2D eigenvalue weighted by Crippen LogP contribution is 2.31. The summed E-state index contributed by atoms with van der Waals surface area (Å²) < 4.78 is 0. The monoisotopic (exact) mass is 191 g/mol. The van der Waals surface area contributed by atoms with Gasteiger partial charge in [-0.15, -0.1) is 0 Å². The van der Waals surface area contributed by atoms with Crippen LogP contribution < -0.4 is 5.32 Å². The lowest BCUT2D eigenvalue weighted by Gasteiger charge is -2.14. The van der Waals surface area contributed by atoms with E-state index in [0.29, 0.717) is 12.1 Å². The average molecular weight is 191 g/mol. The molecule has 0 aromatic carbocycles. The minimum absolute atomic E-state index is 0.318. The highest BCUT2D eigenvalue weighted by molar-refractivity contribution is 5.13. The van der Waals surface area contributed by atoms with E-state index in [1.807, 2.05) is 6.92 Å². The molecule has 3 unspecified atom stereocenters. The lowest BCUT2D eigenvalue weighted by Crippen LogP contribution is -2.23. The number of nitrogens with one attached hydrogen (secondary N) is 1. The Morgan fingerprint density at radius 3 is 2.64 bits per heavy atom. The minimum Gasteiger partial charge on any atom is -0.306 e. The predicted molar refractivity (Wildman–Crippen MR) is 55.9 cm³/mol. The van der Waals surface area contributed by atoms with Crippen LogP contribution in [0.25, 0.3) is 0 Å². The molecule has 0 saturated heterocycles. The van der Waals surface area contributed by atoms with Crippen LogP contribution in [-0.2, 0) is 0 Å². The second-order valence-corrected chi connectivity index (χ2v) is 4.23. The van der Waals surface area contributed by atoms with E-state index in [1.165, 1.54) is 6.42 Å². The standard InChI is InChI=1S/C11H17N3/c1-7-6-10(7)14-9(3)11-8(2)12-4-5-13-11/h4-5,7,9-10,14H,6H2,1-3H3. The van der Waals surface area contributed by atoms with Crippen molar-refractivity contribution in [1.29, 1.82) is 0 Å². The largest absolute Gasteiger partial charge is 0.306 e. The Bertz CT molecular complexity index is 324. The van der Waals surface area contributed by atoms with Gasteiger partial charge in [0.15, 0.2) is 0 Å². The van der Waals surface area contributed by atoms with Gasteiger partial charge in [-0.1, -0.05) is 6.92 Å². The van der Waals surface area contributed by atoms with Crippen molar-refractivity contribution >= 4 is 0 Å². The minimum atomic E-state index is 0.318. The maximum atomic E-state index is 4.36. The van der Waals surface area contributed by atoms with Crippen molar-refractivity contribution in [2.24, 2.45) is 5.92 Å². The average Bonchev–Trinajstić information content (AvgIpc) is 2.82. The number of hydrogen-bond acceptors (Lipinski definition) is 3. The van der Waals surface area contributed by atoms with Crippen molar-refractivity contribution in [3.63, 3.8) is 0 Å². The Morgan fingerprint density at radius 2 is 2.07 bits per heavy atom. The number of aromatic nitrogens is 2. The van der Waals surface area contributed by atoms with E-state index in [1.54, 1.807) is 12.4 Å². The molecule has 1 heterocycles. The fraction of sp³-hybridized carbons (Fsp3) is 0.636. The van der Waals surface area contributed by atoms with Crippen LogP contribution in [0, 0.1) is 12.8 Å². The van der Waals surface area contributed by atoms with E-state index < -0.39 is 0 Å². The molecule has 3 atom stereocenters. The first-order valence-corrected chi connectivity index (χ1v) is 5.22. The molecule has 1 aromatic rings. The molecular formula is C11H17N3. The number of hydrogen-bond donors (Lipinski definition) is 1. The van der Waals surface area contributed by atoms with Gasteiger partial charge in [0.2, 0.25) is 0 Å². The van der Waals surface area contributed by atoms with Crippen molar-refractivity contribution in [2.45, 2.75) is 39.3 Å². The third kappa shape index (κ3) is 1.93. The van der Waals surface area contributed by atoms with Crippen LogP contribution in [0.3, 0.4) is 0 Å². The van der Waals surface area contributed by atoms with Crippen molar-refractivity contribution in [1.82, 2.24) is 15.3 Å². The Morgan fingerprint density at radius 1 is 1.43 bits per heavy atom. The Kier molecular flexibility index (Phi) is 2.50. The summed E-state index contributed by atoms with van der Waals surface area (Å²) >= 11 is 0. The van der Waals surface area contributed by atoms with Gasteiger partial charge in [0.1, 0.15) is 0 Å². The molecule has 0 bridgehead atoms. The van der Waals surface area contributed by atoms with Crippen LogP contribution in [0.4, 0.5) is 0 Å². The molecule has 0 spiro atoms. The maximum absolute atomic E-state index is 4.36. The first-order chi connectivity index (χ1) is 6.68. The molecular weight excluding hydrogens is 174 g/mol. The second-order valence-electron chi connectivity index (χ2n) is 4.23. The van der Waals surface area contributed by atoms with Crippen molar-refractivity contribution < 1.29 is 0 Å². The Hall–Kier alpha value is -0.960. The zero-order chi connectivity index (χ0) is 10.1. The van der Waals surface area contributed by atoms with Crippen LogP contribution in [0.2, 0.25) is 0 Å². The highest BCUT2D eigenvalue weighted by atomic mass is 15.0. The fourth-order valence-corrected chi connectivity index (χ4v) is 1.80. The summed E-state index contributed by atoms with van der Waals surface area (Å²) in [4.78, 5) is 8.60. The van der Waals surface area contributed by atoms with Gasteiger partial charge in [0.25, 0.3) is 0 Å². The summed E-state index contributed by atoms with van der Waals surface area (Å²) in [5.74, 6) is 0.828. The number of aryl methyl sites for hydroxylation is 1. The van der Waals surface area contributed by atoms with Gasteiger partial charge in [-0.3, -0.25) is 9.97 Å². The van der Waals surface area contributed by atoms with E-state index in [0.717, 1.165) is 17.3 Å². The summed E-state index contributed by atoms with van der Waals surface area (Å²) in [6.45, 7) is 6.44. The van der Waals surface area contributed by atoms with E-state index >= 15 is 0 Å². The molecule has 0 aliphatic heterocycles. The van der Waals surface area contributed by atoms with Crippen LogP contribution in [0.1, 0.15) is 37.7 Å². The van der Waals surface area contributed by atoms with Crippen LogP contribution in [-0.4, -0.2) is 16.0 Å². The molecule has 0 amide bonds. The lowest BCUT2D eigenvalue weighted by molar-refractivity contribution is 0.535. The predicted octanol–water partition coefficient (Wildman–Crippen LogP) is 1.84. The molecule has 1 saturated carbocycles. The van der Waals surface area contributed by atoms with Crippen molar-refractivity contribution in [3.05, 3.63) is 23.8 Å². The highest BCUT2D eigenvalue weighted by Gasteiger charge is 2.33. The summed E-state index contributed by atoms with van der Waals surface area (Å²) in [6.07, 6.45) is 4.80. The molecule has 1 aliphatic rings. The second kappa shape index (κ2) is 3.65.